The van der Waals surface area contributed by atoms with Gasteiger partial charge in [-0.15, -0.1) is 11.3 Å². The number of fused-ring (bicyclic) bond motifs is 1. The van der Waals surface area contributed by atoms with Gasteiger partial charge in [0.05, 0.1) is 17.5 Å². The number of hydrogen-bond acceptors (Lipinski definition) is 5. The Morgan fingerprint density at radius 1 is 1.21 bits per heavy atom. The number of aromatic nitrogens is 4. The van der Waals surface area contributed by atoms with Crippen molar-refractivity contribution in [1.29, 1.82) is 0 Å². The van der Waals surface area contributed by atoms with Crippen LogP contribution in [-0.4, -0.2) is 25.0 Å². The zero-order valence-electron chi connectivity index (χ0n) is 14.5. The Morgan fingerprint density at radius 3 is 2.82 bits per heavy atom. The van der Waals surface area contributed by atoms with Gasteiger partial charge in [0.25, 0.3) is 5.56 Å². The van der Waals surface area contributed by atoms with Crippen LogP contribution in [0, 0.1) is 11.6 Å². The van der Waals surface area contributed by atoms with E-state index in [1.807, 2.05) is 0 Å². The zero-order valence-corrected chi connectivity index (χ0v) is 15.3. The molecule has 28 heavy (non-hydrogen) atoms. The van der Waals surface area contributed by atoms with Crippen molar-refractivity contribution < 1.29 is 13.6 Å². The molecule has 1 aromatic carbocycles. The lowest BCUT2D eigenvalue weighted by atomic mass is 10.2. The van der Waals surface area contributed by atoms with Crippen LogP contribution in [0.3, 0.4) is 0 Å². The molecule has 1 amide bonds. The van der Waals surface area contributed by atoms with E-state index in [0.29, 0.717) is 27.6 Å². The number of carbonyl (C=O) groups excluding carboxylic acids is 1. The van der Waals surface area contributed by atoms with E-state index in [-0.39, 0.29) is 18.0 Å². The van der Waals surface area contributed by atoms with Gasteiger partial charge >= 0.3 is 0 Å². The zero-order chi connectivity index (χ0) is 19.8. The van der Waals surface area contributed by atoms with Gasteiger partial charge in [0.2, 0.25) is 5.91 Å². The largest absolute Gasteiger partial charge is 0.320 e. The Labute approximate surface area is 160 Å². The molecule has 0 aliphatic rings. The fraction of sp³-hybridized carbons (Fsp3) is 0.111. The van der Waals surface area contributed by atoms with Gasteiger partial charge in [-0.25, -0.2) is 18.7 Å². The molecule has 0 atom stereocenters. The van der Waals surface area contributed by atoms with Crippen molar-refractivity contribution in [1.82, 2.24) is 19.1 Å². The van der Waals surface area contributed by atoms with Crippen LogP contribution in [-0.2, 0) is 18.4 Å². The lowest BCUT2D eigenvalue weighted by molar-refractivity contribution is -0.116. The standard InChI is InChI=1S/C18H13F2N5O2S/c1-24-16(27)5-4-14-17(24)21-9-25(14)7-15(26)23-18-22-13(8-28-18)10-2-3-11(19)12(20)6-10/h2-6,8-9H,7H2,1H3,(H,22,23,26). The number of anilines is 1. The Hall–Kier alpha value is -3.40. The Morgan fingerprint density at radius 2 is 2.04 bits per heavy atom. The summed E-state index contributed by atoms with van der Waals surface area (Å²) < 4.78 is 29.4. The van der Waals surface area contributed by atoms with Crippen LogP contribution in [0.4, 0.5) is 13.9 Å². The molecule has 7 nitrogen and oxygen atoms in total. The van der Waals surface area contributed by atoms with Crippen molar-refractivity contribution in [3.8, 4) is 11.3 Å². The minimum atomic E-state index is -0.961. The Bertz CT molecular complexity index is 1260. The Kier molecular flexibility index (Phi) is 4.47. The first-order valence-electron chi connectivity index (χ1n) is 8.14. The van der Waals surface area contributed by atoms with Gasteiger partial charge in [0, 0.05) is 24.1 Å². The molecule has 0 aliphatic heterocycles. The molecule has 3 heterocycles. The summed E-state index contributed by atoms with van der Waals surface area (Å²) in [6, 6.07) is 6.52. The fourth-order valence-corrected chi connectivity index (χ4v) is 3.47. The van der Waals surface area contributed by atoms with Gasteiger partial charge in [-0.2, -0.15) is 0 Å². The highest BCUT2D eigenvalue weighted by Crippen LogP contribution is 2.26. The first kappa shape index (κ1) is 18.0. The molecule has 0 radical (unpaired) electrons. The predicted molar refractivity (Wildman–Crippen MR) is 101 cm³/mol. The number of carbonyl (C=O) groups is 1. The summed E-state index contributed by atoms with van der Waals surface area (Å²) in [5, 5.41) is 4.65. The van der Waals surface area contributed by atoms with Crippen molar-refractivity contribution in [3.63, 3.8) is 0 Å². The molecule has 142 valence electrons. The molecule has 0 bridgehead atoms. The highest BCUT2D eigenvalue weighted by Gasteiger charge is 2.13. The Balaban J connectivity index is 1.50. The van der Waals surface area contributed by atoms with Gasteiger partial charge in [-0.3, -0.25) is 14.2 Å². The van der Waals surface area contributed by atoms with Crippen molar-refractivity contribution in [2.75, 3.05) is 5.32 Å². The van der Waals surface area contributed by atoms with Crippen LogP contribution < -0.4 is 10.9 Å². The van der Waals surface area contributed by atoms with E-state index < -0.39 is 11.6 Å². The number of nitrogens with one attached hydrogen (secondary N) is 1. The third-order valence-electron chi connectivity index (χ3n) is 4.17. The van der Waals surface area contributed by atoms with Crippen molar-refractivity contribution in [2.45, 2.75) is 6.54 Å². The van der Waals surface area contributed by atoms with Gasteiger partial charge in [-0.05, 0) is 24.3 Å². The highest BCUT2D eigenvalue weighted by molar-refractivity contribution is 7.14. The molecule has 4 rings (SSSR count). The molecular weight excluding hydrogens is 388 g/mol. The number of imidazole rings is 1. The average Bonchev–Trinajstić information content (AvgIpc) is 3.28. The van der Waals surface area contributed by atoms with E-state index in [9.17, 15) is 18.4 Å². The van der Waals surface area contributed by atoms with Crippen LogP contribution in [0.25, 0.3) is 22.4 Å². The van der Waals surface area contributed by atoms with E-state index in [0.717, 1.165) is 12.1 Å². The number of pyridine rings is 1. The van der Waals surface area contributed by atoms with Crippen molar-refractivity contribution in [2.24, 2.45) is 7.05 Å². The van der Waals surface area contributed by atoms with E-state index in [1.54, 1.807) is 23.1 Å². The maximum absolute atomic E-state index is 13.4. The van der Waals surface area contributed by atoms with E-state index in [2.05, 4.69) is 15.3 Å². The number of nitrogens with zero attached hydrogens (tertiary/aromatic N) is 4. The second-order valence-corrected chi connectivity index (χ2v) is 6.88. The molecule has 0 saturated carbocycles. The maximum atomic E-state index is 13.4. The second kappa shape index (κ2) is 6.97. The van der Waals surface area contributed by atoms with Crippen LogP contribution >= 0.6 is 11.3 Å². The third-order valence-corrected chi connectivity index (χ3v) is 4.93. The molecule has 1 N–H and O–H groups in total. The average molecular weight is 401 g/mol. The van der Waals surface area contributed by atoms with Gasteiger partial charge in [-0.1, -0.05) is 0 Å². The van der Waals surface area contributed by atoms with Gasteiger partial charge in [0.1, 0.15) is 6.54 Å². The van der Waals surface area contributed by atoms with Crippen molar-refractivity contribution >= 4 is 33.5 Å². The molecule has 0 fully saturated rings. The number of benzene rings is 1. The SMILES string of the molecule is Cn1c(=O)ccc2c1ncn2CC(=O)Nc1nc(-c2ccc(F)c(F)c2)cs1. The molecular formula is C18H13F2N5O2S. The highest BCUT2D eigenvalue weighted by atomic mass is 32.1. The molecule has 0 spiro atoms. The fourth-order valence-electron chi connectivity index (χ4n) is 2.73. The van der Waals surface area contributed by atoms with E-state index in [4.69, 9.17) is 0 Å². The van der Waals surface area contributed by atoms with Gasteiger partial charge in [0.15, 0.2) is 22.4 Å². The summed E-state index contributed by atoms with van der Waals surface area (Å²) in [5.41, 5.74) is 1.79. The van der Waals surface area contributed by atoms with Crippen LogP contribution in [0.1, 0.15) is 0 Å². The second-order valence-electron chi connectivity index (χ2n) is 6.03. The summed E-state index contributed by atoms with van der Waals surface area (Å²) in [5.74, 6) is -2.23. The summed E-state index contributed by atoms with van der Waals surface area (Å²) in [6.07, 6.45) is 1.48. The summed E-state index contributed by atoms with van der Waals surface area (Å²) in [7, 11) is 1.61. The lowest BCUT2D eigenvalue weighted by Gasteiger charge is -2.05. The van der Waals surface area contributed by atoms with E-state index >= 15 is 0 Å². The first-order valence-corrected chi connectivity index (χ1v) is 9.02. The first-order chi connectivity index (χ1) is 13.4. The lowest BCUT2D eigenvalue weighted by Crippen LogP contribution is -2.19. The molecule has 0 unspecified atom stereocenters. The predicted octanol–water partition coefficient (Wildman–Crippen LogP) is 2.78. The topological polar surface area (TPSA) is 81.8 Å². The molecule has 4 aromatic rings. The smallest absolute Gasteiger partial charge is 0.252 e. The van der Waals surface area contributed by atoms with Crippen LogP contribution in [0.15, 0.2) is 46.8 Å². The van der Waals surface area contributed by atoms with Crippen LogP contribution in [0.2, 0.25) is 0 Å². The van der Waals surface area contributed by atoms with Crippen molar-refractivity contribution in [3.05, 3.63) is 64.0 Å². The number of rotatable bonds is 4. The minimum Gasteiger partial charge on any atom is -0.320 e. The van der Waals surface area contributed by atoms with Crippen LogP contribution in [0.5, 0.6) is 0 Å². The normalized spacial score (nSPS) is 11.1. The summed E-state index contributed by atoms with van der Waals surface area (Å²) in [4.78, 5) is 32.4. The number of amides is 1. The quantitative estimate of drug-likeness (QED) is 0.570. The summed E-state index contributed by atoms with van der Waals surface area (Å²) in [6.45, 7) is -0.0191. The molecule has 0 aliphatic carbocycles. The number of thiazole rings is 1. The molecule has 0 saturated heterocycles. The monoisotopic (exact) mass is 401 g/mol. The number of halogens is 2. The number of hydrogen-bond donors (Lipinski definition) is 1. The van der Waals surface area contributed by atoms with E-state index in [1.165, 1.54) is 34.4 Å². The maximum Gasteiger partial charge on any atom is 0.252 e. The minimum absolute atomic E-state index is 0.0191. The summed E-state index contributed by atoms with van der Waals surface area (Å²) >= 11 is 1.17. The molecule has 3 aromatic heterocycles. The van der Waals surface area contributed by atoms with Gasteiger partial charge < -0.3 is 9.88 Å². The molecule has 10 heteroatoms. The number of aryl methyl sites for hydroxylation is 1. The third kappa shape index (κ3) is 3.29.